The van der Waals surface area contributed by atoms with E-state index in [1.165, 1.54) is 29.8 Å². The van der Waals surface area contributed by atoms with E-state index in [9.17, 15) is 0 Å². The molecule has 0 bridgehead atoms. The zero-order valence-corrected chi connectivity index (χ0v) is 11.3. The highest BCUT2D eigenvalue weighted by atomic mass is 15.2. The molecular weight excluding hydrogens is 208 g/mol. The lowest BCUT2D eigenvalue weighted by molar-refractivity contribution is 0.233. The molecule has 0 unspecified atom stereocenters. The van der Waals surface area contributed by atoms with Crippen LogP contribution in [0.5, 0.6) is 0 Å². The van der Waals surface area contributed by atoms with Gasteiger partial charge in [-0.3, -0.25) is 4.90 Å². The standard InChI is InChI=1S/C15H24N2/c1-12(2)14-5-4-13(3)15(10-14)11-17-8-6-16-7-9-17/h4-5,10,12,16H,6-9,11H2,1-3H3. The number of nitrogens with one attached hydrogen (secondary N) is 1. The Morgan fingerprint density at radius 2 is 1.94 bits per heavy atom. The fourth-order valence-electron chi connectivity index (χ4n) is 2.33. The Morgan fingerprint density at radius 1 is 1.24 bits per heavy atom. The fourth-order valence-corrected chi connectivity index (χ4v) is 2.33. The second-order valence-corrected chi connectivity index (χ2v) is 5.37. The van der Waals surface area contributed by atoms with Crippen LogP contribution in [0.3, 0.4) is 0 Å². The molecule has 0 atom stereocenters. The van der Waals surface area contributed by atoms with Gasteiger partial charge in [-0.1, -0.05) is 32.0 Å². The first kappa shape index (κ1) is 12.6. The molecule has 1 fully saturated rings. The number of benzene rings is 1. The van der Waals surface area contributed by atoms with Crippen LogP contribution in [0.2, 0.25) is 0 Å². The maximum Gasteiger partial charge on any atom is 0.0237 e. The summed E-state index contributed by atoms with van der Waals surface area (Å²) in [7, 11) is 0. The number of hydrogen-bond acceptors (Lipinski definition) is 2. The summed E-state index contributed by atoms with van der Waals surface area (Å²) >= 11 is 0. The van der Waals surface area contributed by atoms with Gasteiger partial charge in [-0.25, -0.2) is 0 Å². The highest BCUT2D eigenvalue weighted by molar-refractivity contribution is 5.32. The topological polar surface area (TPSA) is 15.3 Å². The molecule has 0 spiro atoms. The minimum Gasteiger partial charge on any atom is -0.314 e. The highest BCUT2D eigenvalue weighted by Gasteiger charge is 2.11. The molecule has 0 aromatic heterocycles. The van der Waals surface area contributed by atoms with E-state index in [0.717, 1.165) is 19.6 Å². The second-order valence-electron chi connectivity index (χ2n) is 5.37. The third-order valence-electron chi connectivity index (χ3n) is 3.64. The zero-order valence-electron chi connectivity index (χ0n) is 11.3. The predicted molar refractivity (Wildman–Crippen MR) is 73.4 cm³/mol. The zero-order chi connectivity index (χ0) is 12.3. The Balaban J connectivity index is 2.10. The van der Waals surface area contributed by atoms with Crippen molar-refractivity contribution in [2.45, 2.75) is 33.2 Å². The Morgan fingerprint density at radius 3 is 2.59 bits per heavy atom. The largest absolute Gasteiger partial charge is 0.314 e. The fraction of sp³-hybridized carbons (Fsp3) is 0.600. The van der Waals surface area contributed by atoms with Crippen molar-refractivity contribution in [3.05, 3.63) is 34.9 Å². The van der Waals surface area contributed by atoms with Crippen LogP contribution in [0.1, 0.15) is 36.5 Å². The van der Waals surface area contributed by atoms with E-state index < -0.39 is 0 Å². The molecule has 2 rings (SSSR count). The van der Waals surface area contributed by atoms with Crippen LogP contribution in [-0.4, -0.2) is 31.1 Å². The van der Waals surface area contributed by atoms with E-state index >= 15 is 0 Å². The van der Waals surface area contributed by atoms with Gasteiger partial charge in [-0.2, -0.15) is 0 Å². The molecule has 1 aromatic carbocycles. The molecule has 1 N–H and O–H groups in total. The van der Waals surface area contributed by atoms with Gasteiger partial charge in [-0.15, -0.1) is 0 Å². The summed E-state index contributed by atoms with van der Waals surface area (Å²) in [5.41, 5.74) is 4.38. The average Bonchev–Trinajstić information content (AvgIpc) is 2.33. The van der Waals surface area contributed by atoms with Crippen molar-refractivity contribution in [2.24, 2.45) is 0 Å². The third-order valence-corrected chi connectivity index (χ3v) is 3.64. The van der Waals surface area contributed by atoms with Crippen LogP contribution in [-0.2, 0) is 6.54 Å². The molecule has 94 valence electrons. The molecule has 0 amide bonds. The Bertz CT molecular complexity index is 365. The first-order valence-electron chi connectivity index (χ1n) is 6.69. The summed E-state index contributed by atoms with van der Waals surface area (Å²) in [6.07, 6.45) is 0. The number of hydrogen-bond donors (Lipinski definition) is 1. The van der Waals surface area contributed by atoms with Gasteiger partial charge in [0.1, 0.15) is 0 Å². The molecule has 2 nitrogen and oxygen atoms in total. The molecule has 1 saturated heterocycles. The van der Waals surface area contributed by atoms with Crippen molar-refractivity contribution in [3.8, 4) is 0 Å². The van der Waals surface area contributed by atoms with Gasteiger partial charge in [0.2, 0.25) is 0 Å². The first-order valence-corrected chi connectivity index (χ1v) is 6.69. The van der Waals surface area contributed by atoms with E-state index in [1.54, 1.807) is 0 Å². The van der Waals surface area contributed by atoms with Crippen molar-refractivity contribution < 1.29 is 0 Å². The van der Waals surface area contributed by atoms with Crippen LogP contribution in [0, 0.1) is 6.92 Å². The minimum atomic E-state index is 0.623. The van der Waals surface area contributed by atoms with Crippen molar-refractivity contribution in [2.75, 3.05) is 26.2 Å². The van der Waals surface area contributed by atoms with Crippen molar-refractivity contribution >= 4 is 0 Å². The van der Waals surface area contributed by atoms with Crippen LogP contribution in [0.4, 0.5) is 0 Å². The smallest absolute Gasteiger partial charge is 0.0237 e. The van der Waals surface area contributed by atoms with Gasteiger partial charge in [-0.05, 0) is 29.5 Å². The lowest BCUT2D eigenvalue weighted by atomic mass is 9.97. The summed E-state index contributed by atoms with van der Waals surface area (Å²) in [6, 6.07) is 6.93. The Labute approximate surface area is 105 Å². The summed E-state index contributed by atoms with van der Waals surface area (Å²) in [5, 5.41) is 3.40. The molecule has 1 aromatic rings. The van der Waals surface area contributed by atoms with Crippen LogP contribution in [0.15, 0.2) is 18.2 Å². The van der Waals surface area contributed by atoms with Crippen molar-refractivity contribution in [1.29, 1.82) is 0 Å². The molecule has 1 heterocycles. The summed E-state index contributed by atoms with van der Waals surface area (Å²) in [6.45, 7) is 12.5. The Hall–Kier alpha value is -0.860. The molecule has 0 aliphatic carbocycles. The summed E-state index contributed by atoms with van der Waals surface area (Å²) in [4.78, 5) is 2.54. The van der Waals surface area contributed by atoms with Gasteiger partial charge in [0, 0.05) is 32.7 Å². The molecule has 1 aliphatic heterocycles. The quantitative estimate of drug-likeness (QED) is 0.861. The van der Waals surface area contributed by atoms with E-state index in [4.69, 9.17) is 0 Å². The van der Waals surface area contributed by atoms with Gasteiger partial charge < -0.3 is 5.32 Å². The average molecular weight is 232 g/mol. The third kappa shape index (κ3) is 3.30. The monoisotopic (exact) mass is 232 g/mol. The molecule has 0 radical (unpaired) electrons. The normalized spacial score (nSPS) is 17.6. The maximum absolute atomic E-state index is 3.40. The number of rotatable bonds is 3. The lowest BCUT2D eigenvalue weighted by Crippen LogP contribution is -2.43. The number of aryl methyl sites for hydroxylation is 1. The van der Waals surface area contributed by atoms with Gasteiger partial charge >= 0.3 is 0 Å². The van der Waals surface area contributed by atoms with E-state index in [0.29, 0.717) is 5.92 Å². The second kappa shape index (κ2) is 5.65. The van der Waals surface area contributed by atoms with Gasteiger partial charge in [0.15, 0.2) is 0 Å². The molecule has 2 heteroatoms. The molecular formula is C15H24N2. The van der Waals surface area contributed by atoms with E-state index in [2.05, 4.69) is 49.2 Å². The van der Waals surface area contributed by atoms with E-state index in [1.807, 2.05) is 0 Å². The molecule has 17 heavy (non-hydrogen) atoms. The van der Waals surface area contributed by atoms with Crippen molar-refractivity contribution in [1.82, 2.24) is 10.2 Å². The molecule has 1 aliphatic rings. The predicted octanol–water partition coefficient (Wildman–Crippen LogP) is 2.52. The van der Waals surface area contributed by atoms with E-state index in [-0.39, 0.29) is 0 Å². The summed E-state index contributed by atoms with van der Waals surface area (Å²) in [5.74, 6) is 0.623. The number of piperazine rings is 1. The summed E-state index contributed by atoms with van der Waals surface area (Å²) < 4.78 is 0. The lowest BCUT2D eigenvalue weighted by Gasteiger charge is -2.28. The van der Waals surface area contributed by atoms with Gasteiger partial charge in [0.25, 0.3) is 0 Å². The Kier molecular flexibility index (Phi) is 4.19. The first-order chi connectivity index (χ1) is 8.16. The highest BCUT2D eigenvalue weighted by Crippen LogP contribution is 2.20. The van der Waals surface area contributed by atoms with Crippen LogP contribution in [0.25, 0.3) is 0 Å². The SMILES string of the molecule is Cc1ccc(C(C)C)cc1CN1CCNCC1. The van der Waals surface area contributed by atoms with Crippen LogP contribution >= 0.6 is 0 Å². The molecule has 0 saturated carbocycles. The maximum atomic E-state index is 3.40. The number of nitrogens with zero attached hydrogens (tertiary/aromatic N) is 1. The van der Waals surface area contributed by atoms with Crippen molar-refractivity contribution in [3.63, 3.8) is 0 Å². The minimum absolute atomic E-state index is 0.623. The van der Waals surface area contributed by atoms with Crippen LogP contribution < -0.4 is 5.32 Å². The van der Waals surface area contributed by atoms with Gasteiger partial charge in [0.05, 0.1) is 0 Å².